The van der Waals surface area contributed by atoms with Gasteiger partial charge in [0.25, 0.3) is 0 Å². The van der Waals surface area contributed by atoms with Gasteiger partial charge in [-0.05, 0) is 32.2 Å². The third-order valence-corrected chi connectivity index (χ3v) is 3.53. The molecule has 0 aromatic carbocycles. The molecule has 1 amide bonds. The van der Waals surface area contributed by atoms with Gasteiger partial charge in [-0.1, -0.05) is 26.2 Å². The summed E-state index contributed by atoms with van der Waals surface area (Å²) in [5, 5.41) is 3.16. The Hall–Kier alpha value is -0.570. The predicted molar refractivity (Wildman–Crippen MR) is 62.5 cm³/mol. The topological polar surface area (TPSA) is 55.1 Å². The average molecular weight is 212 g/mol. The lowest BCUT2D eigenvalue weighted by Crippen LogP contribution is -2.44. The van der Waals surface area contributed by atoms with Gasteiger partial charge >= 0.3 is 0 Å². The molecule has 1 aliphatic carbocycles. The van der Waals surface area contributed by atoms with Crippen molar-refractivity contribution in [3.63, 3.8) is 0 Å². The lowest BCUT2D eigenvalue weighted by Gasteiger charge is -2.26. The molecule has 1 aliphatic rings. The van der Waals surface area contributed by atoms with E-state index in [1.807, 2.05) is 0 Å². The molecule has 0 bridgehead atoms. The molecule has 3 N–H and O–H groups in total. The van der Waals surface area contributed by atoms with Crippen LogP contribution in [0.25, 0.3) is 0 Å². The Labute approximate surface area is 92.8 Å². The van der Waals surface area contributed by atoms with Crippen molar-refractivity contribution in [2.45, 2.75) is 57.9 Å². The molecule has 0 aromatic rings. The van der Waals surface area contributed by atoms with Gasteiger partial charge in [0, 0.05) is 12.0 Å². The highest BCUT2D eigenvalue weighted by molar-refractivity contribution is 5.77. The van der Waals surface area contributed by atoms with Gasteiger partial charge in [-0.25, -0.2) is 0 Å². The smallest absolute Gasteiger partial charge is 0.220 e. The van der Waals surface area contributed by atoms with Crippen molar-refractivity contribution >= 4 is 5.91 Å². The van der Waals surface area contributed by atoms with Gasteiger partial charge in [0.15, 0.2) is 0 Å². The summed E-state index contributed by atoms with van der Waals surface area (Å²) in [5.41, 5.74) is 5.65. The highest BCUT2D eigenvalue weighted by Gasteiger charge is 2.30. The van der Waals surface area contributed by atoms with E-state index in [9.17, 15) is 4.79 Å². The minimum atomic E-state index is 0.0595. The van der Waals surface area contributed by atoms with E-state index in [0.717, 1.165) is 19.3 Å². The summed E-state index contributed by atoms with van der Waals surface area (Å²) in [5.74, 6) is 0.520. The number of nitrogens with two attached hydrogens (primary N) is 1. The van der Waals surface area contributed by atoms with Gasteiger partial charge in [0.1, 0.15) is 0 Å². The van der Waals surface area contributed by atoms with Crippen molar-refractivity contribution in [2.75, 3.05) is 6.54 Å². The summed E-state index contributed by atoms with van der Waals surface area (Å²) in [6.45, 7) is 4.85. The zero-order valence-corrected chi connectivity index (χ0v) is 10.0. The Kier molecular flexibility index (Phi) is 4.58. The lowest BCUT2D eigenvalue weighted by atomic mass is 9.98. The first-order chi connectivity index (χ1) is 7.09. The molecule has 3 nitrogen and oxygen atoms in total. The molecule has 0 spiro atoms. The van der Waals surface area contributed by atoms with Crippen molar-refractivity contribution in [2.24, 2.45) is 11.7 Å². The summed E-state index contributed by atoms with van der Waals surface area (Å²) in [7, 11) is 0. The number of rotatable bonds is 5. The summed E-state index contributed by atoms with van der Waals surface area (Å²) in [6.07, 6.45) is 6.30. The van der Waals surface area contributed by atoms with E-state index >= 15 is 0 Å². The number of nitrogens with one attached hydrogen (secondary N) is 1. The Morgan fingerprint density at radius 1 is 1.47 bits per heavy atom. The van der Waals surface area contributed by atoms with E-state index < -0.39 is 0 Å². The summed E-state index contributed by atoms with van der Waals surface area (Å²) in [6, 6.07) is 0. The minimum Gasteiger partial charge on any atom is -0.351 e. The quantitative estimate of drug-likeness (QED) is 0.730. The normalized spacial score (nSPS) is 21.3. The van der Waals surface area contributed by atoms with Gasteiger partial charge in [-0.15, -0.1) is 0 Å². The highest BCUT2D eigenvalue weighted by atomic mass is 16.1. The molecular weight excluding hydrogens is 188 g/mol. The average Bonchev–Trinajstić information content (AvgIpc) is 2.61. The molecule has 88 valence electrons. The highest BCUT2D eigenvalue weighted by Crippen LogP contribution is 2.29. The number of amides is 1. The van der Waals surface area contributed by atoms with Gasteiger partial charge in [-0.2, -0.15) is 0 Å². The fraction of sp³-hybridized carbons (Fsp3) is 0.917. The summed E-state index contributed by atoms with van der Waals surface area (Å²) < 4.78 is 0. The van der Waals surface area contributed by atoms with E-state index in [1.54, 1.807) is 0 Å². The Morgan fingerprint density at radius 3 is 2.53 bits per heavy atom. The van der Waals surface area contributed by atoms with E-state index in [4.69, 9.17) is 5.73 Å². The van der Waals surface area contributed by atoms with Crippen molar-refractivity contribution in [3.05, 3.63) is 0 Å². The maximum Gasteiger partial charge on any atom is 0.220 e. The van der Waals surface area contributed by atoms with Crippen LogP contribution < -0.4 is 11.1 Å². The fourth-order valence-corrected chi connectivity index (χ4v) is 2.32. The first-order valence-electron chi connectivity index (χ1n) is 6.10. The third kappa shape index (κ3) is 3.82. The number of carbonyl (C=O) groups excluding carboxylic acids is 1. The molecule has 0 aliphatic heterocycles. The van der Waals surface area contributed by atoms with Crippen LogP contribution in [0.1, 0.15) is 52.4 Å². The van der Waals surface area contributed by atoms with Crippen LogP contribution in [-0.4, -0.2) is 18.0 Å². The van der Waals surface area contributed by atoms with Crippen molar-refractivity contribution in [3.8, 4) is 0 Å². The second-order valence-electron chi connectivity index (χ2n) is 5.03. The SMILES string of the molecule is CCC(CN)CC(=O)NC1(C)CCCC1. The Balaban J connectivity index is 2.34. The number of carbonyl (C=O) groups is 1. The standard InChI is InChI=1S/C12H24N2O/c1-3-10(9-13)8-11(15)14-12(2)6-4-5-7-12/h10H,3-9,13H2,1-2H3,(H,14,15). The fourth-order valence-electron chi connectivity index (χ4n) is 2.32. The number of hydrogen-bond acceptors (Lipinski definition) is 2. The molecule has 1 fully saturated rings. The molecule has 0 aromatic heterocycles. The van der Waals surface area contributed by atoms with Crippen LogP contribution in [0.5, 0.6) is 0 Å². The third-order valence-electron chi connectivity index (χ3n) is 3.53. The monoisotopic (exact) mass is 212 g/mol. The first kappa shape index (κ1) is 12.5. The molecular formula is C12H24N2O. The summed E-state index contributed by atoms with van der Waals surface area (Å²) >= 11 is 0. The maximum absolute atomic E-state index is 11.8. The van der Waals surface area contributed by atoms with Crippen LogP contribution in [-0.2, 0) is 4.79 Å². The van der Waals surface area contributed by atoms with Crippen LogP contribution in [0.2, 0.25) is 0 Å². The second-order valence-corrected chi connectivity index (χ2v) is 5.03. The van der Waals surface area contributed by atoms with E-state index in [2.05, 4.69) is 19.2 Å². The summed E-state index contributed by atoms with van der Waals surface area (Å²) in [4.78, 5) is 11.8. The van der Waals surface area contributed by atoms with Gasteiger partial charge in [-0.3, -0.25) is 4.79 Å². The van der Waals surface area contributed by atoms with Crippen LogP contribution in [0.4, 0.5) is 0 Å². The van der Waals surface area contributed by atoms with Crippen LogP contribution in [0.15, 0.2) is 0 Å². The van der Waals surface area contributed by atoms with Crippen molar-refractivity contribution in [1.82, 2.24) is 5.32 Å². The van der Waals surface area contributed by atoms with Crippen LogP contribution >= 0.6 is 0 Å². The molecule has 1 rings (SSSR count). The minimum absolute atomic E-state index is 0.0595. The second kappa shape index (κ2) is 5.50. The largest absolute Gasteiger partial charge is 0.351 e. The zero-order chi connectivity index (χ0) is 11.3. The Morgan fingerprint density at radius 2 is 2.07 bits per heavy atom. The van der Waals surface area contributed by atoms with Gasteiger partial charge in [0.2, 0.25) is 5.91 Å². The van der Waals surface area contributed by atoms with Crippen LogP contribution in [0, 0.1) is 5.92 Å². The van der Waals surface area contributed by atoms with Gasteiger partial charge < -0.3 is 11.1 Å². The zero-order valence-electron chi connectivity index (χ0n) is 10.0. The Bertz CT molecular complexity index is 206. The molecule has 1 unspecified atom stereocenters. The maximum atomic E-state index is 11.8. The molecule has 3 heteroatoms. The molecule has 15 heavy (non-hydrogen) atoms. The molecule has 0 heterocycles. The predicted octanol–water partition coefficient (Wildman–Crippen LogP) is 1.81. The van der Waals surface area contributed by atoms with E-state index in [0.29, 0.717) is 18.9 Å². The molecule has 0 saturated heterocycles. The van der Waals surface area contributed by atoms with Gasteiger partial charge in [0.05, 0.1) is 0 Å². The van der Waals surface area contributed by atoms with Crippen molar-refractivity contribution in [1.29, 1.82) is 0 Å². The van der Waals surface area contributed by atoms with Crippen molar-refractivity contribution < 1.29 is 4.79 Å². The molecule has 1 atom stereocenters. The number of hydrogen-bond donors (Lipinski definition) is 2. The van der Waals surface area contributed by atoms with Crippen LogP contribution in [0.3, 0.4) is 0 Å². The first-order valence-corrected chi connectivity index (χ1v) is 6.10. The van der Waals surface area contributed by atoms with E-state index in [1.165, 1.54) is 12.8 Å². The van der Waals surface area contributed by atoms with E-state index in [-0.39, 0.29) is 11.4 Å². The molecule has 0 radical (unpaired) electrons. The molecule has 1 saturated carbocycles. The lowest BCUT2D eigenvalue weighted by molar-refractivity contribution is -0.123.